The van der Waals surface area contributed by atoms with Crippen LogP contribution in [0.25, 0.3) is 37.8 Å². The van der Waals surface area contributed by atoms with E-state index in [4.69, 9.17) is 0 Å². The Morgan fingerprint density at radius 1 is 0.837 bits per heavy atom. The number of halogens is 1. The number of aryl methyl sites for hydroxylation is 1. The van der Waals surface area contributed by atoms with Crippen LogP contribution < -0.4 is 33.4 Å². The smallest absolute Gasteiger partial charge is 0.263 e. The number of benzene rings is 4. The quantitative estimate of drug-likeness (QED) is 0.142. The summed E-state index contributed by atoms with van der Waals surface area (Å²) >= 11 is 3.86. The number of anilines is 1. The highest BCUT2D eigenvalue weighted by Crippen LogP contribution is 2.50. The van der Waals surface area contributed by atoms with Crippen LogP contribution in [-0.4, -0.2) is 6.54 Å². The van der Waals surface area contributed by atoms with Gasteiger partial charge >= 0.3 is 0 Å². The van der Waals surface area contributed by atoms with Gasteiger partial charge in [-0.2, -0.15) is 4.57 Å². The van der Waals surface area contributed by atoms with Crippen molar-refractivity contribution in [3.63, 3.8) is 0 Å². The summed E-state index contributed by atoms with van der Waals surface area (Å²) in [6.07, 6.45) is 14.8. The Bertz CT molecular complexity index is 2010. The molecule has 8 rings (SSSR count). The molecule has 0 saturated heterocycles. The highest BCUT2D eigenvalue weighted by molar-refractivity contribution is 8.03. The minimum Gasteiger partial charge on any atom is -1.00 e. The molecule has 0 fully saturated rings. The average Bonchev–Trinajstić information content (AvgIpc) is 3.58. The van der Waals surface area contributed by atoms with Gasteiger partial charge in [-0.15, -0.1) is 0 Å². The summed E-state index contributed by atoms with van der Waals surface area (Å²) in [7, 11) is 0. The lowest BCUT2D eigenvalue weighted by Crippen LogP contribution is -3.00. The molecule has 216 valence electrons. The van der Waals surface area contributed by atoms with Crippen molar-refractivity contribution in [1.29, 1.82) is 0 Å². The molecule has 4 aromatic carbocycles. The number of aromatic nitrogens is 1. The molecule has 0 amide bonds. The van der Waals surface area contributed by atoms with Crippen LogP contribution in [0.1, 0.15) is 44.5 Å². The number of hydrogen-bond acceptors (Lipinski definition) is 3. The van der Waals surface area contributed by atoms with Gasteiger partial charge in [-0.05, 0) is 97.2 Å². The standard InChI is InChI=1S/C38H35N2S2.HI/c1-3-39-35(41-33-19-17-28-9-5-7-11-31(28)37(33)39)23-25-13-15-27-16-14-26(22-30(27)21-25)24-36-40(4-2)38-32-12-8-6-10-29(32)18-20-34(38)42-36;/h5-12,17-24,27H,3-4,13-16H2,1-2H3;1H/q+1;/p-1. The summed E-state index contributed by atoms with van der Waals surface area (Å²) in [5.41, 5.74) is 7.21. The number of hydrogen-bond donors (Lipinski definition) is 0. The molecule has 2 aliphatic carbocycles. The third-order valence-electron chi connectivity index (χ3n) is 9.22. The van der Waals surface area contributed by atoms with Crippen molar-refractivity contribution in [2.24, 2.45) is 5.92 Å². The van der Waals surface area contributed by atoms with Crippen molar-refractivity contribution in [2.75, 3.05) is 11.4 Å². The summed E-state index contributed by atoms with van der Waals surface area (Å²) in [4.78, 5) is 3.89. The van der Waals surface area contributed by atoms with E-state index in [-0.39, 0.29) is 24.0 Å². The number of fused-ring (bicyclic) bond motifs is 7. The first-order chi connectivity index (χ1) is 20.7. The van der Waals surface area contributed by atoms with Crippen LogP contribution in [-0.2, 0) is 6.54 Å². The van der Waals surface area contributed by atoms with Gasteiger partial charge in [0.2, 0.25) is 5.52 Å². The Kier molecular flexibility index (Phi) is 7.99. The highest BCUT2D eigenvalue weighted by Gasteiger charge is 2.28. The Labute approximate surface area is 279 Å². The molecule has 5 heteroatoms. The third kappa shape index (κ3) is 5.07. The highest BCUT2D eigenvalue weighted by atomic mass is 127. The SMILES string of the molecule is CCN1/C(=C\C2=CC3=C/C(=C/c4sc5ccc6ccccc6c5[n+]4CC)CCC3CC2)Sc2ccc3ccccc3c21.[I-]. The molecule has 0 saturated carbocycles. The Morgan fingerprint density at radius 2 is 1.58 bits per heavy atom. The zero-order valence-corrected chi connectivity index (χ0v) is 28.4. The van der Waals surface area contributed by atoms with Crippen molar-refractivity contribution in [2.45, 2.75) is 51.0 Å². The topological polar surface area (TPSA) is 7.12 Å². The average molecular weight is 711 g/mol. The molecular formula is C38H35IN2S2. The van der Waals surface area contributed by atoms with Crippen LogP contribution in [0.2, 0.25) is 0 Å². The first-order valence-electron chi connectivity index (χ1n) is 15.4. The maximum absolute atomic E-state index is 2.52. The number of rotatable bonds is 4. The third-order valence-corrected chi connectivity index (χ3v) is 11.4. The normalized spacial score (nSPS) is 20.0. The van der Waals surface area contributed by atoms with Gasteiger partial charge in [0.15, 0.2) is 0 Å². The first kappa shape index (κ1) is 28.9. The van der Waals surface area contributed by atoms with Crippen LogP contribution in [0.15, 0.2) is 118 Å². The van der Waals surface area contributed by atoms with E-state index >= 15 is 0 Å². The minimum absolute atomic E-state index is 0. The van der Waals surface area contributed by atoms with E-state index in [0.717, 1.165) is 13.1 Å². The van der Waals surface area contributed by atoms with E-state index in [1.165, 1.54) is 94.8 Å². The number of thiazole rings is 1. The number of nitrogens with zero attached hydrogens (tertiary/aromatic N) is 2. The predicted molar refractivity (Wildman–Crippen MR) is 182 cm³/mol. The van der Waals surface area contributed by atoms with Gasteiger partial charge in [0.25, 0.3) is 5.01 Å². The van der Waals surface area contributed by atoms with E-state index in [2.05, 4.69) is 120 Å². The lowest BCUT2D eigenvalue weighted by molar-refractivity contribution is -0.664. The predicted octanol–water partition coefficient (Wildman–Crippen LogP) is 7.43. The summed E-state index contributed by atoms with van der Waals surface area (Å²) in [5.74, 6) is 0.689. The van der Waals surface area contributed by atoms with E-state index in [0.29, 0.717) is 5.92 Å². The number of allylic oxidation sites excluding steroid dienone is 6. The molecule has 5 aromatic rings. The van der Waals surface area contributed by atoms with Crippen LogP contribution in [0.5, 0.6) is 0 Å². The van der Waals surface area contributed by atoms with Gasteiger partial charge in [-0.1, -0.05) is 89.8 Å². The second-order valence-electron chi connectivity index (χ2n) is 11.6. The van der Waals surface area contributed by atoms with Crippen molar-refractivity contribution in [1.82, 2.24) is 0 Å². The lowest BCUT2D eigenvalue weighted by Gasteiger charge is -2.28. The maximum atomic E-state index is 2.52. The molecular weight excluding hydrogens is 675 g/mol. The molecule has 1 aromatic heterocycles. The Morgan fingerprint density at radius 3 is 2.40 bits per heavy atom. The Hall–Kier alpha value is -2.87. The molecule has 3 aliphatic rings. The van der Waals surface area contributed by atoms with Crippen molar-refractivity contribution < 1.29 is 28.5 Å². The van der Waals surface area contributed by atoms with Crippen LogP contribution in [0, 0.1) is 5.92 Å². The van der Waals surface area contributed by atoms with Crippen LogP contribution in [0.4, 0.5) is 5.69 Å². The van der Waals surface area contributed by atoms with Crippen LogP contribution in [0.3, 0.4) is 0 Å². The van der Waals surface area contributed by atoms with Gasteiger partial charge in [-0.25, -0.2) is 0 Å². The lowest BCUT2D eigenvalue weighted by atomic mass is 9.77. The Balaban J connectivity index is 0.00000300. The molecule has 1 aliphatic heterocycles. The molecule has 2 nitrogen and oxygen atoms in total. The minimum atomic E-state index is 0. The zero-order valence-electron chi connectivity index (χ0n) is 24.6. The summed E-state index contributed by atoms with van der Waals surface area (Å²) < 4.78 is 3.89. The van der Waals surface area contributed by atoms with Crippen molar-refractivity contribution in [3.05, 3.63) is 118 Å². The summed E-state index contributed by atoms with van der Waals surface area (Å²) in [6.45, 7) is 6.51. The molecule has 1 unspecified atom stereocenters. The van der Waals surface area contributed by atoms with Gasteiger partial charge < -0.3 is 28.9 Å². The zero-order chi connectivity index (χ0) is 28.2. The molecule has 0 bridgehead atoms. The summed E-state index contributed by atoms with van der Waals surface area (Å²) in [6, 6.07) is 26.7. The number of thioether (sulfide) groups is 1. The van der Waals surface area contributed by atoms with Gasteiger partial charge in [0.05, 0.1) is 16.1 Å². The second-order valence-corrected chi connectivity index (χ2v) is 13.8. The van der Waals surface area contributed by atoms with E-state index in [1.54, 1.807) is 0 Å². The fourth-order valence-corrected chi connectivity index (χ4v) is 9.58. The summed E-state index contributed by atoms with van der Waals surface area (Å²) in [5, 5.41) is 8.07. The first-order valence-corrected chi connectivity index (χ1v) is 17.0. The van der Waals surface area contributed by atoms with Gasteiger partial charge in [-0.3, -0.25) is 0 Å². The monoisotopic (exact) mass is 710 g/mol. The van der Waals surface area contributed by atoms with E-state index < -0.39 is 0 Å². The van der Waals surface area contributed by atoms with E-state index in [9.17, 15) is 0 Å². The van der Waals surface area contributed by atoms with Crippen molar-refractivity contribution in [3.8, 4) is 0 Å². The largest absolute Gasteiger partial charge is 1.00 e. The molecule has 43 heavy (non-hydrogen) atoms. The van der Waals surface area contributed by atoms with Crippen molar-refractivity contribution >= 4 is 66.6 Å². The molecule has 0 spiro atoms. The fraction of sp³-hybridized carbons (Fsp3) is 0.237. The molecule has 0 radical (unpaired) electrons. The second kappa shape index (κ2) is 11.9. The molecule has 2 heterocycles. The van der Waals surface area contributed by atoms with Gasteiger partial charge in [0, 0.05) is 22.9 Å². The van der Waals surface area contributed by atoms with Gasteiger partial charge in [0.1, 0.15) is 11.2 Å². The van der Waals surface area contributed by atoms with E-state index in [1.807, 2.05) is 23.1 Å². The van der Waals surface area contributed by atoms with Crippen LogP contribution >= 0.6 is 23.1 Å². The molecule has 1 atom stereocenters. The molecule has 0 N–H and O–H groups in total. The fourth-order valence-electron chi connectivity index (χ4n) is 7.14. The maximum Gasteiger partial charge on any atom is 0.263 e.